The molecule has 1 aromatic heterocycles. The highest BCUT2D eigenvalue weighted by molar-refractivity contribution is 5.93. The summed E-state index contributed by atoms with van der Waals surface area (Å²) in [4.78, 5) is 30.8. The lowest BCUT2D eigenvalue weighted by Crippen LogP contribution is -2.40. The molecule has 0 saturated carbocycles. The molecular weight excluding hydrogens is 314 g/mol. The number of likely N-dealkylation sites (tertiary alicyclic amines) is 2. The maximum atomic E-state index is 12.5. The van der Waals surface area contributed by atoms with E-state index in [9.17, 15) is 9.59 Å². The molecule has 2 aliphatic rings. The van der Waals surface area contributed by atoms with Crippen molar-refractivity contribution in [3.05, 3.63) is 34.2 Å². The van der Waals surface area contributed by atoms with Gasteiger partial charge in [-0.15, -0.1) is 0 Å². The summed E-state index contributed by atoms with van der Waals surface area (Å²) in [6.45, 7) is 12.2. The molecule has 1 atom stereocenters. The van der Waals surface area contributed by atoms with E-state index in [0.717, 1.165) is 37.8 Å². The lowest BCUT2D eigenvalue weighted by atomic mass is 9.83. The summed E-state index contributed by atoms with van der Waals surface area (Å²) >= 11 is 0. The van der Waals surface area contributed by atoms with Crippen LogP contribution in [0.15, 0.2) is 23.1 Å². The second kappa shape index (κ2) is 7.32. The molecule has 0 radical (unpaired) electrons. The molecule has 1 N–H and O–H groups in total. The minimum absolute atomic E-state index is 0.0375. The molecule has 1 aromatic rings. The minimum atomic E-state index is -0.170. The molecule has 2 saturated heterocycles. The summed E-state index contributed by atoms with van der Waals surface area (Å²) in [7, 11) is 0. The van der Waals surface area contributed by atoms with E-state index in [2.05, 4.69) is 30.7 Å². The zero-order valence-corrected chi connectivity index (χ0v) is 15.8. The second-order valence-corrected chi connectivity index (χ2v) is 8.92. The van der Waals surface area contributed by atoms with Crippen LogP contribution in [0.3, 0.4) is 0 Å². The van der Waals surface area contributed by atoms with Crippen molar-refractivity contribution in [3.8, 4) is 0 Å². The number of aromatic amines is 1. The van der Waals surface area contributed by atoms with E-state index >= 15 is 0 Å². The summed E-state index contributed by atoms with van der Waals surface area (Å²) < 4.78 is 0. The number of rotatable bonds is 3. The first-order valence-corrected chi connectivity index (χ1v) is 9.52. The van der Waals surface area contributed by atoms with E-state index < -0.39 is 0 Å². The first kappa shape index (κ1) is 18.2. The van der Waals surface area contributed by atoms with Gasteiger partial charge in [-0.1, -0.05) is 20.8 Å². The fourth-order valence-corrected chi connectivity index (χ4v) is 4.36. The molecule has 0 spiro atoms. The first-order valence-electron chi connectivity index (χ1n) is 9.52. The Morgan fingerprint density at radius 2 is 1.80 bits per heavy atom. The van der Waals surface area contributed by atoms with Crippen LogP contribution in [-0.2, 0) is 0 Å². The highest BCUT2D eigenvalue weighted by Gasteiger charge is 2.34. The van der Waals surface area contributed by atoms with Gasteiger partial charge in [0.25, 0.3) is 5.91 Å². The average Bonchev–Trinajstić information content (AvgIpc) is 3.01. The Hall–Kier alpha value is -1.62. The fourth-order valence-electron chi connectivity index (χ4n) is 4.36. The van der Waals surface area contributed by atoms with Gasteiger partial charge in [0.05, 0.1) is 5.56 Å². The van der Waals surface area contributed by atoms with Crippen molar-refractivity contribution in [2.45, 2.75) is 40.0 Å². The van der Waals surface area contributed by atoms with Gasteiger partial charge in [-0.05, 0) is 49.1 Å². The van der Waals surface area contributed by atoms with E-state index in [-0.39, 0.29) is 11.5 Å². The SMILES string of the molecule is CC(C)(C)CN1CCC(C2CCN(C(=O)c3ccc(=O)[nH]c3)CC2)C1. The maximum Gasteiger partial charge on any atom is 0.255 e. The molecule has 0 aliphatic carbocycles. The van der Waals surface area contributed by atoms with Gasteiger partial charge in [0.1, 0.15) is 0 Å². The van der Waals surface area contributed by atoms with E-state index in [1.807, 2.05) is 4.90 Å². The number of carbonyl (C=O) groups is 1. The van der Waals surface area contributed by atoms with Crippen molar-refractivity contribution in [1.29, 1.82) is 0 Å². The van der Waals surface area contributed by atoms with E-state index in [4.69, 9.17) is 0 Å². The number of pyridine rings is 1. The zero-order chi connectivity index (χ0) is 18.0. The molecule has 5 heteroatoms. The number of H-pyrrole nitrogens is 1. The summed E-state index contributed by atoms with van der Waals surface area (Å²) in [5.41, 5.74) is 0.771. The molecule has 3 rings (SSSR count). The number of hydrogen-bond donors (Lipinski definition) is 1. The largest absolute Gasteiger partial charge is 0.339 e. The molecule has 1 amide bonds. The first-order chi connectivity index (χ1) is 11.8. The molecule has 2 fully saturated rings. The number of nitrogens with zero attached hydrogens (tertiary/aromatic N) is 2. The zero-order valence-electron chi connectivity index (χ0n) is 15.8. The Labute approximate surface area is 150 Å². The van der Waals surface area contributed by atoms with Gasteiger partial charge in [0, 0.05) is 38.4 Å². The van der Waals surface area contributed by atoms with Crippen LogP contribution in [0, 0.1) is 17.3 Å². The third-order valence-electron chi connectivity index (χ3n) is 5.53. The minimum Gasteiger partial charge on any atom is -0.339 e. The number of aromatic nitrogens is 1. The summed E-state index contributed by atoms with van der Waals surface area (Å²) in [6, 6.07) is 3.04. The Morgan fingerprint density at radius 3 is 2.40 bits per heavy atom. The number of amides is 1. The van der Waals surface area contributed by atoms with Crippen LogP contribution >= 0.6 is 0 Å². The van der Waals surface area contributed by atoms with Crippen LogP contribution in [0.2, 0.25) is 0 Å². The van der Waals surface area contributed by atoms with E-state index in [0.29, 0.717) is 11.0 Å². The normalized spacial score (nSPS) is 23.2. The Bertz CT molecular complexity index is 633. The number of nitrogens with one attached hydrogen (secondary N) is 1. The Balaban J connectivity index is 1.50. The second-order valence-electron chi connectivity index (χ2n) is 8.92. The number of carbonyl (C=O) groups excluding carboxylic acids is 1. The average molecular weight is 345 g/mol. The van der Waals surface area contributed by atoms with Gasteiger partial charge >= 0.3 is 0 Å². The molecule has 1 unspecified atom stereocenters. The molecule has 25 heavy (non-hydrogen) atoms. The van der Waals surface area contributed by atoms with Crippen molar-refractivity contribution in [1.82, 2.24) is 14.8 Å². The van der Waals surface area contributed by atoms with Gasteiger partial charge in [-0.3, -0.25) is 9.59 Å². The van der Waals surface area contributed by atoms with Crippen LogP contribution in [0.5, 0.6) is 0 Å². The summed E-state index contributed by atoms with van der Waals surface area (Å²) in [5, 5.41) is 0. The number of piperidine rings is 1. The van der Waals surface area contributed by atoms with Gasteiger partial charge in [-0.2, -0.15) is 0 Å². The van der Waals surface area contributed by atoms with Crippen LogP contribution in [0.25, 0.3) is 0 Å². The van der Waals surface area contributed by atoms with Crippen LogP contribution in [0.1, 0.15) is 50.4 Å². The highest BCUT2D eigenvalue weighted by Crippen LogP contribution is 2.33. The smallest absolute Gasteiger partial charge is 0.255 e. The van der Waals surface area contributed by atoms with Crippen LogP contribution in [0.4, 0.5) is 0 Å². The van der Waals surface area contributed by atoms with E-state index in [1.165, 1.54) is 38.3 Å². The molecule has 5 nitrogen and oxygen atoms in total. The van der Waals surface area contributed by atoms with Crippen molar-refractivity contribution in [2.75, 3.05) is 32.7 Å². The van der Waals surface area contributed by atoms with Gasteiger partial charge < -0.3 is 14.8 Å². The van der Waals surface area contributed by atoms with Crippen molar-refractivity contribution in [2.24, 2.45) is 17.3 Å². The third kappa shape index (κ3) is 4.72. The third-order valence-corrected chi connectivity index (χ3v) is 5.53. The lowest BCUT2D eigenvalue weighted by Gasteiger charge is -2.35. The summed E-state index contributed by atoms with van der Waals surface area (Å²) in [5.74, 6) is 1.56. The predicted octanol–water partition coefficient (Wildman–Crippen LogP) is 2.60. The van der Waals surface area contributed by atoms with Crippen LogP contribution in [-0.4, -0.2) is 53.4 Å². The monoisotopic (exact) mass is 345 g/mol. The summed E-state index contributed by atoms with van der Waals surface area (Å²) in [6.07, 6.45) is 5.03. The van der Waals surface area contributed by atoms with Crippen LogP contribution < -0.4 is 5.56 Å². The molecule has 0 bridgehead atoms. The number of hydrogen-bond acceptors (Lipinski definition) is 3. The van der Waals surface area contributed by atoms with Crippen molar-refractivity contribution in [3.63, 3.8) is 0 Å². The van der Waals surface area contributed by atoms with Gasteiger partial charge in [0.15, 0.2) is 0 Å². The quantitative estimate of drug-likeness (QED) is 0.916. The Kier molecular flexibility index (Phi) is 5.32. The van der Waals surface area contributed by atoms with Crippen molar-refractivity contribution >= 4 is 5.91 Å². The molecule has 2 aliphatic heterocycles. The molecular formula is C20H31N3O2. The Morgan fingerprint density at radius 1 is 1.12 bits per heavy atom. The van der Waals surface area contributed by atoms with Gasteiger partial charge in [0.2, 0.25) is 5.56 Å². The highest BCUT2D eigenvalue weighted by atomic mass is 16.2. The van der Waals surface area contributed by atoms with Gasteiger partial charge in [-0.25, -0.2) is 0 Å². The molecule has 3 heterocycles. The van der Waals surface area contributed by atoms with Crippen molar-refractivity contribution < 1.29 is 4.79 Å². The maximum absolute atomic E-state index is 12.5. The molecule has 0 aromatic carbocycles. The standard InChI is InChI=1S/C20H31N3O2/c1-20(2,3)14-22-9-6-17(13-22)15-7-10-23(11-8-15)19(25)16-4-5-18(24)21-12-16/h4-5,12,15,17H,6-11,13-14H2,1-3H3,(H,21,24). The van der Waals surface area contributed by atoms with E-state index in [1.54, 1.807) is 6.07 Å². The fraction of sp³-hybridized carbons (Fsp3) is 0.700. The lowest BCUT2D eigenvalue weighted by molar-refractivity contribution is 0.0657. The topological polar surface area (TPSA) is 56.4 Å². The predicted molar refractivity (Wildman–Crippen MR) is 99.7 cm³/mol. The molecule has 138 valence electrons.